The number of carbonyl (C=O) groups excluding carboxylic acids is 1. The number of nitrogens with zero attached hydrogens (tertiary/aromatic N) is 1. The molecule has 0 bridgehead atoms. The summed E-state index contributed by atoms with van der Waals surface area (Å²) in [6.07, 6.45) is 0.395. The molecule has 14 heavy (non-hydrogen) atoms. The third kappa shape index (κ3) is 5.94. The molecule has 0 atom stereocenters. The Morgan fingerprint density at radius 1 is 1.43 bits per heavy atom. The monoisotopic (exact) mass is 203 g/mol. The summed E-state index contributed by atoms with van der Waals surface area (Å²) in [5, 5.41) is 8.80. The molecule has 0 aromatic heterocycles. The smallest absolute Gasteiger partial charge is 0.307 e. The van der Waals surface area contributed by atoms with Crippen LogP contribution in [0.2, 0.25) is 0 Å². The van der Waals surface area contributed by atoms with E-state index < -0.39 is 0 Å². The molecular formula is C10H21NO3. The van der Waals surface area contributed by atoms with E-state index in [1.165, 1.54) is 0 Å². The zero-order chi connectivity index (χ0) is 11.0. The molecule has 0 radical (unpaired) electrons. The minimum atomic E-state index is -0.170. The number of hydrogen-bond donors (Lipinski definition) is 1. The molecule has 0 heterocycles. The van der Waals surface area contributed by atoms with Gasteiger partial charge in [-0.3, -0.25) is 9.69 Å². The fraction of sp³-hybridized carbons (Fsp3) is 0.900. The summed E-state index contributed by atoms with van der Waals surface area (Å²) in [6.45, 7) is 7.70. The summed E-state index contributed by atoms with van der Waals surface area (Å²) in [4.78, 5) is 13.1. The minimum absolute atomic E-state index is 0.126. The molecular weight excluding hydrogens is 182 g/mol. The Labute approximate surface area is 85.9 Å². The van der Waals surface area contributed by atoms with Gasteiger partial charge in [-0.05, 0) is 20.8 Å². The topological polar surface area (TPSA) is 49.8 Å². The number of aliphatic hydroxyl groups excluding tert-OH is 1. The Morgan fingerprint density at radius 3 is 2.50 bits per heavy atom. The fourth-order valence-electron chi connectivity index (χ4n) is 1.22. The van der Waals surface area contributed by atoms with E-state index in [2.05, 4.69) is 4.90 Å². The number of rotatable bonds is 7. The first-order valence-electron chi connectivity index (χ1n) is 5.12. The van der Waals surface area contributed by atoms with E-state index >= 15 is 0 Å². The summed E-state index contributed by atoms with van der Waals surface area (Å²) >= 11 is 0. The zero-order valence-electron chi connectivity index (χ0n) is 9.32. The standard InChI is InChI=1S/C10H21NO3/c1-4-14-10(13)5-6-11(7-8-12)9(2)3/h9,12H,4-8H2,1-3H3. The van der Waals surface area contributed by atoms with Gasteiger partial charge in [-0.15, -0.1) is 0 Å². The van der Waals surface area contributed by atoms with Gasteiger partial charge >= 0.3 is 5.97 Å². The van der Waals surface area contributed by atoms with Crippen LogP contribution in [-0.4, -0.2) is 48.3 Å². The predicted octanol–water partition coefficient (Wildman–Crippen LogP) is 0.642. The molecule has 0 rings (SSSR count). The van der Waals surface area contributed by atoms with E-state index in [9.17, 15) is 4.79 Å². The van der Waals surface area contributed by atoms with E-state index in [1.807, 2.05) is 13.8 Å². The third-order valence-corrected chi connectivity index (χ3v) is 2.03. The normalized spacial score (nSPS) is 11.0. The third-order valence-electron chi connectivity index (χ3n) is 2.03. The van der Waals surface area contributed by atoms with Gasteiger partial charge in [0.15, 0.2) is 0 Å². The highest BCUT2D eigenvalue weighted by Gasteiger charge is 2.11. The van der Waals surface area contributed by atoms with Crippen molar-refractivity contribution in [2.45, 2.75) is 33.2 Å². The highest BCUT2D eigenvalue weighted by molar-refractivity contribution is 5.69. The summed E-state index contributed by atoms with van der Waals surface area (Å²) in [5.74, 6) is -0.170. The molecule has 4 nitrogen and oxygen atoms in total. The Hall–Kier alpha value is -0.610. The van der Waals surface area contributed by atoms with Crippen molar-refractivity contribution in [1.82, 2.24) is 4.90 Å². The predicted molar refractivity (Wildman–Crippen MR) is 55.0 cm³/mol. The largest absolute Gasteiger partial charge is 0.466 e. The first-order valence-corrected chi connectivity index (χ1v) is 5.12. The Balaban J connectivity index is 3.75. The summed E-state index contributed by atoms with van der Waals surface area (Å²) in [7, 11) is 0. The maximum Gasteiger partial charge on any atom is 0.307 e. The number of esters is 1. The van der Waals surface area contributed by atoms with Crippen molar-refractivity contribution < 1.29 is 14.6 Å². The fourth-order valence-corrected chi connectivity index (χ4v) is 1.22. The maximum atomic E-state index is 11.1. The van der Waals surface area contributed by atoms with Gasteiger partial charge in [0.1, 0.15) is 0 Å². The first-order chi connectivity index (χ1) is 6.61. The van der Waals surface area contributed by atoms with Gasteiger partial charge in [0.2, 0.25) is 0 Å². The number of aliphatic hydroxyl groups is 1. The minimum Gasteiger partial charge on any atom is -0.466 e. The second-order valence-electron chi connectivity index (χ2n) is 3.41. The average molecular weight is 203 g/mol. The van der Waals surface area contributed by atoms with E-state index in [0.29, 0.717) is 32.2 Å². The Kier molecular flexibility index (Phi) is 7.42. The van der Waals surface area contributed by atoms with Gasteiger partial charge in [0.25, 0.3) is 0 Å². The van der Waals surface area contributed by atoms with Gasteiger partial charge < -0.3 is 9.84 Å². The quantitative estimate of drug-likeness (QED) is 0.617. The lowest BCUT2D eigenvalue weighted by Gasteiger charge is -2.24. The Morgan fingerprint density at radius 2 is 2.07 bits per heavy atom. The molecule has 1 N–H and O–H groups in total. The highest BCUT2D eigenvalue weighted by atomic mass is 16.5. The SMILES string of the molecule is CCOC(=O)CCN(CCO)C(C)C. The molecule has 4 heteroatoms. The van der Waals surface area contributed by atoms with Crippen LogP contribution in [0.1, 0.15) is 27.2 Å². The van der Waals surface area contributed by atoms with Gasteiger partial charge in [-0.25, -0.2) is 0 Å². The highest BCUT2D eigenvalue weighted by Crippen LogP contribution is 1.99. The van der Waals surface area contributed by atoms with Crippen LogP contribution in [0, 0.1) is 0 Å². The molecule has 0 aliphatic rings. The van der Waals surface area contributed by atoms with Crippen molar-refractivity contribution in [2.24, 2.45) is 0 Å². The molecule has 84 valence electrons. The van der Waals surface area contributed by atoms with Crippen molar-refractivity contribution in [3.8, 4) is 0 Å². The molecule has 0 aromatic carbocycles. The van der Waals surface area contributed by atoms with Gasteiger partial charge in [-0.2, -0.15) is 0 Å². The molecule has 0 amide bonds. The van der Waals surface area contributed by atoms with Crippen LogP contribution in [-0.2, 0) is 9.53 Å². The van der Waals surface area contributed by atoms with Gasteiger partial charge in [0.05, 0.1) is 19.6 Å². The molecule has 0 aliphatic heterocycles. The van der Waals surface area contributed by atoms with Crippen LogP contribution < -0.4 is 0 Å². The van der Waals surface area contributed by atoms with Gasteiger partial charge in [-0.1, -0.05) is 0 Å². The summed E-state index contributed by atoms with van der Waals surface area (Å²) in [5.41, 5.74) is 0. The Bertz CT molecular complexity index is 159. The van der Waals surface area contributed by atoms with Crippen molar-refractivity contribution in [2.75, 3.05) is 26.3 Å². The second kappa shape index (κ2) is 7.76. The van der Waals surface area contributed by atoms with E-state index in [0.717, 1.165) is 0 Å². The second-order valence-corrected chi connectivity index (χ2v) is 3.41. The molecule has 0 spiro atoms. The zero-order valence-corrected chi connectivity index (χ0v) is 9.32. The van der Waals surface area contributed by atoms with Crippen LogP contribution in [0.5, 0.6) is 0 Å². The van der Waals surface area contributed by atoms with E-state index in [1.54, 1.807) is 6.92 Å². The first kappa shape index (κ1) is 13.4. The summed E-state index contributed by atoms with van der Waals surface area (Å²) in [6, 6.07) is 0.344. The van der Waals surface area contributed by atoms with Crippen LogP contribution in [0.3, 0.4) is 0 Å². The molecule has 0 unspecified atom stereocenters. The van der Waals surface area contributed by atoms with Crippen LogP contribution in [0.25, 0.3) is 0 Å². The molecule has 0 aliphatic carbocycles. The molecule has 0 fully saturated rings. The number of carbonyl (C=O) groups is 1. The lowest BCUT2D eigenvalue weighted by molar-refractivity contribution is -0.143. The summed E-state index contributed by atoms with van der Waals surface area (Å²) < 4.78 is 4.82. The number of ether oxygens (including phenoxy) is 1. The van der Waals surface area contributed by atoms with Crippen LogP contribution >= 0.6 is 0 Å². The lowest BCUT2D eigenvalue weighted by atomic mass is 10.3. The number of hydrogen-bond acceptors (Lipinski definition) is 4. The lowest BCUT2D eigenvalue weighted by Crippen LogP contribution is -2.35. The van der Waals surface area contributed by atoms with E-state index in [-0.39, 0.29) is 12.6 Å². The molecule has 0 saturated heterocycles. The van der Waals surface area contributed by atoms with Crippen molar-refractivity contribution in [1.29, 1.82) is 0 Å². The van der Waals surface area contributed by atoms with Crippen LogP contribution in [0.15, 0.2) is 0 Å². The van der Waals surface area contributed by atoms with Crippen molar-refractivity contribution in [3.63, 3.8) is 0 Å². The maximum absolute atomic E-state index is 11.1. The van der Waals surface area contributed by atoms with Crippen LogP contribution in [0.4, 0.5) is 0 Å². The average Bonchev–Trinajstić information content (AvgIpc) is 2.12. The van der Waals surface area contributed by atoms with E-state index in [4.69, 9.17) is 9.84 Å². The molecule has 0 aromatic rings. The molecule has 0 saturated carbocycles. The van der Waals surface area contributed by atoms with Crippen molar-refractivity contribution >= 4 is 5.97 Å². The van der Waals surface area contributed by atoms with Gasteiger partial charge in [0, 0.05) is 19.1 Å². The van der Waals surface area contributed by atoms with Crippen molar-refractivity contribution in [3.05, 3.63) is 0 Å².